The number of hydrogen-bond donors (Lipinski definition) is 1. The molecule has 0 aromatic carbocycles. The van der Waals surface area contributed by atoms with Crippen molar-refractivity contribution in [3.63, 3.8) is 0 Å². The van der Waals surface area contributed by atoms with Crippen LogP contribution in [-0.4, -0.2) is 31.1 Å². The lowest BCUT2D eigenvalue weighted by Crippen LogP contribution is -2.41. The monoisotopic (exact) mass is 210 g/mol. The van der Waals surface area contributed by atoms with Crippen LogP contribution in [0, 0.1) is 5.41 Å². The molecule has 2 aliphatic carbocycles. The van der Waals surface area contributed by atoms with Crippen molar-refractivity contribution in [3.8, 4) is 0 Å². The Bertz CT molecular complexity index is 187. The number of rotatable bonds is 5. The van der Waals surface area contributed by atoms with Crippen LogP contribution in [0.3, 0.4) is 0 Å². The lowest BCUT2D eigenvalue weighted by molar-refractivity contribution is 0.102. The van der Waals surface area contributed by atoms with Gasteiger partial charge in [-0.1, -0.05) is 19.3 Å². The van der Waals surface area contributed by atoms with E-state index in [1.165, 1.54) is 57.9 Å². The van der Waals surface area contributed by atoms with Crippen LogP contribution in [0.25, 0.3) is 0 Å². The molecule has 0 saturated heterocycles. The zero-order valence-corrected chi connectivity index (χ0v) is 10.2. The highest BCUT2D eigenvalue weighted by Gasteiger charge is 2.35. The fourth-order valence-corrected chi connectivity index (χ4v) is 3.17. The highest BCUT2D eigenvalue weighted by molar-refractivity contribution is 4.89. The van der Waals surface area contributed by atoms with Crippen molar-refractivity contribution in [3.05, 3.63) is 0 Å². The predicted molar refractivity (Wildman–Crippen MR) is 64.8 cm³/mol. The van der Waals surface area contributed by atoms with E-state index >= 15 is 0 Å². The molecule has 0 radical (unpaired) electrons. The van der Waals surface area contributed by atoms with Crippen molar-refractivity contribution >= 4 is 0 Å². The number of nitrogens with two attached hydrogens (primary N) is 1. The summed E-state index contributed by atoms with van der Waals surface area (Å²) in [6.45, 7) is 2.17. The second-order valence-corrected chi connectivity index (χ2v) is 5.73. The van der Waals surface area contributed by atoms with Crippen molar-refractivity contribution in [1.29, 1.82) is 0 Å². The molecular formula is C13H26N2. The Hall–Kier alpha value is -0.0800. The van der Waals surface area contributed by atoms with E-state index in [0.29, 0.717) is 5.41 Å². The molecule has 15 heavy (non-hydrogen) atoms. The summed E-state index contributed by atoms with van der Waals surface area (Å²) in [7, 11) is 2.30. The van der Waals surface area contributed by atoms with Crippen LogP contribution in [0.2, 0.25) is 0 Å². The maximum atomic E-state index is 5.89. The first-order valence-electron chi connectivity index (χ1n) is 6.66. The Balaban J connectivity index is 1.72. The standard InChI is InChI=1S/C13H26N2/c1-15(12-5-2-3-6-12)10-9-13(11-14)7-4-8-13/h12H,2-11,14H2,1H3. The second kappa shape index (κ2) is 4.84. The summed E-state index contributed by atoms with van der Waals surface area (Å²) < 4.78 is 0. The van der Waals surface area contributed by atoms with Gasteiger partial charge in [0.2, 0.25) is 0 Å². The summed E-state index contributed by atoms with van der Waals surface area (Å²) in [4.78, 5) is 2.59. The summed E-state index contributed by atoms with van der Waals surface area (Å²) >= 11 is 0. The molecule has 0 amide bonds. The van der Waals surface area contributed by atoms with E-state index in [2.05, 4.69) is 11.9 Å². The number of hydrogen-bond acceptors (Lipinski definition) is 2. The van der Waals surface area contributed by atoms with Gasteiger partial charge in [0.15, 0.2) is 0 Å². The van der Waals surface area contributed by atoms with E-state index < -0.39 is 0 Å². The third-order valence-corrected chi connectivity index (χ3v) is 4.79. The summed E-state index contributed by atoms with van der Waals surface area (Å²) in [6, 6.07) is 0.875. The summed E-state index contributed by atoms with van der Waals surface area (Å²) in [5, 5.41) is 0. The van der Waals surface area contributed by atoms with Gasteiger partial charge in [-0.25, -0.2) is 0 Å². The molecule has 2 N–H and O–H groups in total. The van der Waals surface area contributed by atoms with E-state index in [1.54, 1.807) is 0 Å². The first kappa shape index (κ1) is 11.4. The molecule has 2 rings (SSSR count). The van der Waals surface area contributed by atoms with Gasteiger partial charge in [-0.3, -0.25) is 0 Å². The predicted octanol–water partition coefficient (Wildman–Crippen LogP) is 2.38. The lowest BCUT2D eigenvalue weighted by Gasteiger charge is -2.42. The molecule has 0 aromatic rings. The van der Waals surface area contributed by atoms with E-state index in [4.69, 9.17) is 5.73 Å². The van der Waals surface area contributed by atoms with Crippen molar-refractivity contribution in [2.24, 2.45) is 11.1 Å². The Morgan fingerprint density at radius 2 is 1.87 bits per heavy atom. The van der Waals surface area contributed by atoms with E-state index in [9.17, 15) is 0 Å². The molecule has 0 atom stereocenters. The van der Waals surface area contributed by atoms with Gasteiger partial charge in [0, 0.05) is 6.04 Å². The molecular weight excluding hydrogens is 184 g/mol. The molecule has 0 aromatic heterocycles. The zero-order valence-electron chi connectivity index (χ0n) is 10.2. The fourth-order valence-electron chi connectivity index (χ4n) is 3.17. The van der Waals surface area contributed by atoms with E-state index in [1.807, 2.05) is 0 Å². The largest absolute Gasteiger partial charge is 0.330 e. The van der Waals surface area contributed by atoms with Crippen LogP contribution in [0.5, 0.6) is 0 Å². The third-order valence-electron chi connectivity index (χ3n) is 4.79. The fraction of sp³-hybridized carbons (Fsp3) is 1.00. The van der Waals surface area contributed by atoms with Gasteiger partial charge < -0.3 is 10.6 Å². The van der Waals surface area contributed by atoms with E-state index in [-0.39, 0.29) is 0 Å². The Labute approximate surface area is 94.2 Å². The van der Waals surface area contributed by atoms with Gasteiger partial charge in [0.1, 0.15) is 0 Å². The molecule has 0 aliphatic heterocycles. The minimum absolute atomic E-state index is 0.535. The summed E-state index contributed by atoms with van der Waals surface area (Å²) in [5.41, 5.74) is 6.42. The highest BCUT2D eigenvalue weighted by Crippen LogP contribution is 2.43. The molecule has 88 valence electrons. The second-order valence-electron chi connectivity index (χ2n) is 5.73. The summed E-state index contributed by atoms with van der Waals surface area (Å²) in [5.74, 6) is 0. The maximum absolute atomic E-state index is 5.89. The zero-order chi connectivity index (χ0) is 10.7. The van der Waals surface area contributed by atoms with Crippen LogP contribution in [0.15, 0.2) is 0 Å². The highest BCUT2D eigenvalue weighted by atomic mass is 15.1. The summed E-state index contributed by atoms with van der Waals surface area (Å²) in [6.07, 6.45) is 11.2. The SMILES string of the molecule is CN(CCC1(CN)CCC1)C1CCCC1. The van der Waals surface area contributed by atoms with Crippen LogP contribution in [0.1, 0.15) is 51.4 Å². The third kappa shape index (κ3) is 2.54. The molecule has 2 heteroatoms. The van der Waals surface area contributed by atoms with Gasteiger partial charge >= 0.3 is 0 Å². The lowest BCUT2D eigenvalue weighted by atomic mass is 9.66. The van der Waals surface area contributed by atoms with Crippen LogP contribution < -0.4 is 5.73 Å². The number of nitrogens with zero attached hydrogens (tertiary/aromatic N) is 1. The smallest absolute Gasteiger partial charge is 0.00922 e. The van der Waals surface area contributed by atoms with Gasteiger partial charge in [0.05, 0.1) is 0 Å². The van der Waals surface area contributed by atoms with Crippen molar-refractivity contribution in [1.82, 2.24) is 4.90 Å². The van der Waals surface area contributed by atoms with Crippen LogP contribution in [-0.2, 0) is 0 Å². The maximum Gasteiger partial charge on any atom is 0.00922 e. The molecule has 2 nitrogen and oxygen atoms in total. The molecule has 0 bridgehead atoms. The normalized spacial score (nSPS) is 25.8. The molecule has 2 fully saturated rings. The van der Waals surface area contributed by atoms with Crippen LogP contribution in [0.4, 0.5) is 0 Å². The molecule has 2 aliphatic rings. The first-order valence-corrected chi connectivity index (χ1v) is 6.66. The molecule has 0 unspecified atom stereocenters. The molecule has 0 heterocycles. The van der Waals surface area contributed by atoms with E-state index in [0.717, 1.165) is 12.6 Å². The van der Waals surface area contributed by atoms with Gasteiger partial charge in [-0.15, -0.1) is 0 Å². The Kier molecular flexibility index (Phi) is 3.68. The minimum atomic E-state index is 0.535. The average Bonchev–Trinajstić information content (AvgIpc) is 2.69. The van der Waals surface area contributed by atoms with Gasteiger partial charge in [-0.05, 0) is 57.7 Å². The molecule has 0 spiro atoms. The molecule has 2 saturated carbocycles. The van der Waals surface area contributed by atoms with Gasteiger partial charge in [-0.2, -0.15) is 0 Å². The Morgan fingerprint density at radius 1 is 1.20 bits per heavy atom. The quantitative estimate of drug-likeness (QED) is 0.755. The first-order chi connectivity index (χ1) is 7.26. The Morgan fingerprint density at radius 3 is 2.33 bits per heavy atom. The van der Waals surface area contributed by atoms with Crippen LogP contribution >= 0.6 is 0 Å². The average molecular weight is 210 g/mol. The van der Waals surface area contributed by atoms with Crippen molar-refractivity contribution in [2.75, 3.05) is 20.1 Å². The topological polar surface area (TPSA) is 29.3 Å². The van der Waals surface area contributed by atoms with Gasteiger partial charge in [0.25, 0.3) is 0 Å². The van der Waals surface area contributed by atoms with Crippen molar-refractivity contribution < 1.29 is 0 Å². The van der Waals surface area contributed by atoms with Crippen molar-refractivity contribution in [2.45, 2.75) is 57.4 Å². The minimum Gasteiger partial charge on any atom is -0.330 e.